The van der Waals surface area contributed by atoms with Gasteiger partial charge in [-0.3, -0.25) is 4.79 Å². The summed E-state index contributed by atoms with van der Waals surface area (Å²) in [5.74, 6) is 3.40. The molecule has 1 amide bonds. The molecular formula is C20H26ClNO2S. The molecule has 25 heavy (non-hydrogen) atoms. The minimum Gasteiger partial charge on any atom is -0.495 e. The summed E-state index contributed by atoms with van der Waals surface area (Å²) in [6.07, 6.45) is 8.21. The molecular weight excluding hydrogens is 354 g/mol. The first-order valence-corrected chi connectivity index (χ1v) is 10.5. The van der Waals surface area contributed by atoms with Crippen molar-refractivity contribution in [2.45, 2.75) is 55.4 Å². The maximum Gasteiger partial charge on any atom is 0.237 e. The van der Waals surface area contributed by atoms with E-state index in [1.54, 1.807) is 25.3 Å². The van der Waals surface area contributed by atoms with Gasteiger partial charge in [0.05, 0.1) is 18.0 Å². The lowest BCUT2D eigenvalue weighted by Crippen LogP contribution is -2.49. The van der Waals surface area contributed by atoms with Crippen molar-refractivity contribution in [1.82, 2.24) is 0 Å². The van der Waals surface area contributed by atoms with Gasteiger partial charge in [0.25, 0.3) is 0 Å². The normalized spacial score (nSPS) is 34.0. The van der Waals surface area contributed by atoms with Crippen molar-refractivity contribution >= 4 is 35.0 Å². The van der Waals surface area contributed by atoms with Crippen LogP contribution in [0.2, 0.25) is 5.02 Å². The Balaban J connectivity index is 1.44. The molecule has 0 saturated heterocycles. The number of methoxy groups -OCH3 is 1. The second-order valence-electron chi connectivity index (χ2n) is 8.19. The third-order valence-corrected chi connectivity index (χ3v) is 8.00. The summed E-state index contributed by atoms with van der Waals surface area (Å²) < 4.78 is 5.67. The molecule has 1 aromatic rings. The molecule has 1 aromatic carbocycles. The maximum atomic E-state index is 12.8. The molecule has 4 bridgehead atoms. The first-order chi connectivity index (χ1) is 12.0. The molecule has 1 atom stereocenters. The Morgan fingerprint density at radius 2 is 1.84 bits per heavy atom. The molecule has 5 rings (SSSR count). The number of hydrogen-bond donors (Lipinski definition) is 1. The number of nitrogens with one attached hydrogen (secondary N) is 1. The molecule has 4 aliphatic carbocycles. The summed E-state index contributed by atoms with van der Waals surface area (Å²) in [7, 11) is 1.60. The zero-order valence-electron chi connectivity index (χ0n) is 14.9. The first-order valence-electron chi connectivity index (χ1n) is 9.28. The molecule has 3 nitrogen and oxygen atoms in total. The van der Waals surface area contributed by atoms with Gasteiger partial charge in [0.1, 0.15) is 5.75 Å². The maximum absolute atomic E-state index is 12.8. The highest BCUT2D eigenvalue weighted by Gasteiger charge is 2.52. The van der Waals surface area contributed by atoms with Crippen molar-refractivity contribution in [3.05, 3.63) is 23.2 Å². The largest absolute Gasteiger partial charge is 0.495 e. The summed E-state index contributed by atoms with van der Waals surface area (Å²) in [4.78, 5) is 12.8. The van der Waals surface area contributed by atoms with E-state index < -0.39 is 0 Å². The van der Waals surface area contributed by atoms with Crippen molar-refractivity contribution in [2.24, 2.45) is 17.8 Å². The average Bonchev–Trinajstić information content (AvgIpc) is 2.53. The lowest BCUT2D eigenvalue weighted by molar-refractivity contribution is -0.115. The Kier molecular flexibility index (Phi) is 4.70. The van der Waals surface area contributed by atoms with E-state index in [-0.39, 0.29) is 11.2 Å². The monoisotopic (exact) mass is 379 g/mol. The standard InChI is InChI=1S/C20H26ClNO2S/c1-12(19(23)22-17-8-16(21)3-4-18(17)24-2)25-20-9-13-5-14(10-20)7-15(6-13)11-20/h3-4,8,12-15H,5-7,9-11H2,1-2H3,(H,22,23)/t12-,13?,14?,15?,20?/m0/s1. The molecule has 0 radical (unpaired) electrons. The van der Waals surface area contributed by atoms with Crippen LogP contribution in [0.15, 0.2) is 18.2 Å². The lowest BCUT2D eigenvalue weighted by atomic mass is 9.56. The quantitative estimate of drug-likeness (QED) is 0.746. The Labute approximate surface area is 159 Å². The fourth-order valence-corrected chi connectivity index (χ4v) is 7.70. The van der Waals surface area contributed by atoms with E-state index in [0.29, 0.717) is 21.2 Å². The second-order valence-corrected chi connectivity index (χ2v) is 10.4. The van der Waals surface area contributed by atoms with Gasteiger partial charge in [-0.25, -0.2) is 0 Å². The third-order valence-electron chi connectivity index (χ3n) is 6.20. The SMILES string of the molecule is COc1ccc(Cl)cc1NC(=O)[C@H](C)SC12CC3CC(CC(C3)C1)C2. The Morgan fingerprint density at radius 1 is 1.24 bits per heavy atom. The number of carbonyl (C=O) groups excluding carboxylic acids is 1. The van der Waals surface area contributed by atoms with Crippen LogP contribution < -0.4 is 10.1 Å². The number of halogens is 1. The zero-order chi connectivity index (χ0) is 17.6. The van der Waals surface area contributed by atoms with Crippen LogP contribution in [-0.4, -0.2) is 23.0 Å². The van der Waals surface area contributed by atoms with Gasteiger partial charge < -0.3 is 10.1 Å². The number of amides is 1. The Morgan fingerprint density at radius 3 is 2.40 bits per heavy atom. The van der Waals surface area contributed by atoms with E-state index >= 15 is 0 Å². The highest BCUT2D eigenvalue weighted by molar-refractivity contribution is 8.01. The van der Waals surface area contributed by atoms with E-state index in [1.165, 1.54) is 38.5 Å². The van der Waals surface area contributed by atoms with Crippen molar-refractivity contribution in [1.29, 1.82) is 0 Å². The molecule has 0 aliphatic heterocycles. The number of hydrogen-bond acceptors (Lipinski definition) is 3. The van der Waals surface area contributed by atoms with E-state index in [9.17, 15) is 4.79 Å². The van der Waals surface area contributed by atoms with Crippen LogP contribution in [0.1, 0.15) is 45.4 Å². The molecule has 5 heteroatoms. The number of thioether (sulfide) groups is 1. The van der Waals surface area contributed by atoms with Gasteiger partial charge in [0.2, 0.25) is 5.91 Å². The highest BCUT2D eigenvalue weighted by atomic mass is 35.5. The van der Waals surface area contributed by atoms with Gasteiger partial charge in [0.15, 0.2) is 0 Å². The molecule has 0 unspecified atom stereocenters. The van der Waals surface area contributed by atoms with E-state index in [4.69, 9.17) is 16.3 Å². The minimum atomic E-state index is -0.0695. The van der Waals surface area contributed by atoms with Crippen molar-refractivity contribution in [2.75, 3.05) is 12.4 Å². The van der Waals surface area contributed by atoms with Crippen LogP contribution in [-0.2, 0) is 4.79 Å². The van der Waals surface area contributed by atoms with Crippen LogP contribution in [0.25, 0.3) is 0 Å². The second kappa shape index (κ2) is 6.70. The Bertz CT molecular complexity index is 642. The fourth-order valence-electron chi connectivity index (χ4n) is 5.62. The van der Waals surface area contributed by atoms with Gasteiger partial charge in [-0.05, 0) is 81.4 Å². The number of ether oxygens (including phenoxy) is 1. The van der Waals surface area contributed by atoms with Crippen LogP contribution in [0.4, 0.5) is 5.69 Å². The summed E-state index contributed by atoms with van der Waals surface area (Å²) in [6, 6.07) is 5.30. The molecule has 136 valence electrons. The van der Waals surface area contributed by atoms with Gasteiger partial charge in [-0.2, -0.15) is 0 Å². The summed E-state index contributed by atoms with van der Waals surface area (Å²) in [6.45, 7) is 2.04. The average molecular weight is 380 g/mol. The van der Waals surface area contributed by atoms with Gasteiger partial charge >= 0.3 is 0 Å². The molecule has 1 N–H and O–H groups in total. The molecule has 0 heterocycles. The predicted molar refractivity (Wildman–Crippen MR) is 105 cm³/mol. The molecule has 4 fully saturated rings. The van der Waals surface area contributed by atoms with Gasteiger partial charge in [-0.1, -0.05) is 11.6 Å². The summed E-state index contributed by atoms with van der Waals surface area (Å²) in [5, 5.41) is 3.54. The van der Waals surface area contributed by atoms with Gasteiger partial charge in [-0.15, -0.1) is 11.8 Å². The first kappa shape index (κ1) is 17.5. The summed E-state index contributed by atoms with van der Waals surface area (Å²) >= 11 is 7.99. The molecule has 4 aliphatic rings. The van der Waals surface area contributed by atoms with E-state index in [1.807, 2.05) is 18.7 Å². The smallest absolute Gasteiger partial charge is 0.237 e. The Hall–Kier alpha value is -0.870. The van der Waals surface area contributed by atoms with Crippen molar-refractivity contribution < 1.29 is 9.53 Å². The fraction of sp³-hybridized carbons (Fsp3) is 0.650. The highest BCUT2D eigenvalue weighted by Crippen LogP contribution is 2.61. The number of benzene rings is 1. The van der Waals surface area contributed by atoms with E-state index in [0.717, 1.165) is 17.8 Å². The number of rotatable bonds is 5. The van der Waals surface area contributed by atoms with Crippen molar-refractivity contribution in [3.63, 3.8) is 0 Å². The van der Waals surface area contributed by atoms with Crippen LogP contribution in [0.5, 0.6) is 5.75 Å². The zero-order valence-corrected chi connectivity index (χ0v) is 16.5. The van der Waals surface area contributed by atoms with Crippen LogP contribution in [0, 0.1) is 17.8 Å². The van der Waals surface area contributed by atoms with E-state index in [2.05, 4.69) is 5.32 Å². The van der Waals surface area contributed by atoms with Crippen LogP contribution >= 0.6 is 23.4 Å². The lowest BCUT2D eigenvalue weighted by Gasteiger charge is -2.57. The third kappa shape index (κ3) is 3.52. The minimum absolute atomic E-state index is 0.0429. The molecule has 0 spiro atoms. The molecule has 0 aromatic heterocycles. The number of carbonyl (C=O) groups is 1. The van der Waals surface area contributed by atoms with Crippen molar-refractivity contribution in [3.8, 4) is 5.75 Å². The molecule has 4 saturated carbocycles. The topological polar surface area (TPSA) is 38.3 Å². The van der Waals surface area contributed by atoms with Gasteiger partial charge in [0, 0.05) is 9.77 Å². The number of anilines is 1. The van der Waals surface area contributed by atoms with Crippen LogP contribution in [0.3, 0.4) is 0 Å². The summed E-state index contributed by atoms with van der Waals surface area (Å²) in [5.41, 5.74) is 0.651. The predicted octanol–water partition coefficient (Wildman–Crippen LogP) is 5.38.